The molecule has 4 fully saturated rings. The van der Waals surface area contributed by atoms with E-state index in [9.17, 15) is 24.6 Å². The average molecular weight is 436 g/mol. The summed E-state index contributed by atoms with van der Waals surface area (Å²) in [6.07, 6.45) is -1.12. The Morgan fingerprint density at radius 3 is 2.65 bits per heavy atom. The van der Waals surface area contributed by atoms with Gasteiger partial charge in [-0.2, -0.15) is 0 Å². The fourth-order valence-corrected chi connectivity index (χ4v) is 7.21. The Morgan fingerprint density at radius 1 is 1.29 bits per heavy atom. The minimum atomic E-state index is -1.23. The molecule has 3 saturated carbocycles. The lowest BCUT2D eigenvalue weighted by molar-refractivity contribution is -0.212. The molecule has 9 heteroatoms. The number of hydrogen-bond donors (Lipinski definition) is 2. The molecular weight excluding hydrogens is 408 g/mol. The molecule has 3 aliphatic carbocycles. The predicted molar refractivity (Wildman–Crippen MR) is 102 cm³/mol. The molecule has 5 aliphatic rings. The van der Waals surface area contributed by atoms with Crippen molar-refractivity contribution in [3.05, 3.63) is 11.8 Å². The third-order valence-electron chi connectivity index (χ3n) is 8.07. The quantitative estimate of drug-likeness (QED) is 0.486. The second kappa shape index (κ2) is 6.22. The molecule has 5 rings (SSSR count). The molecule has 9 nitrogen and oxygen atoms in total. The van der Waals surface area contributed by atoms with E-state index < -0.39 is 64.9 Å². The normalized spacial score (nSPS) is 46.6. The lowest BCUT2D eigenvalue weighted by Crippen LogP contribution is -2.58. The second-order valence-electron chi connectivity index (χ2n) is 10.5. The van der Waals surface area contributed by atoms with Crippen LogP contribution >= 0.6 is 0 Å². The zero-order chi connectivity index (χ0) is 22.5. The van der Waals surface area contributed by atoms with E-state index in [1.54, 1.807) is 6.92 Å². The van der Waals surface area contributed by atoms with Gasteiger partial charge in [0, 0.05) is 35.7 Å². The van der Waals surface area contributed by atoms with Crippen molar-refractivity contribution in [1.82, 2.24) is 0 Å². The van der Waals surface area contributed by atoms with Crippen molar-refractivity contribution in [1.29, 1.82) is 0 Å². The summed E-state index contributed by atoms with van der Waals surface area (Å²) in [4.78, 5) is 37.3. The molecule has 0 unspecified atom stereocenters. The maximum Gasteiger partial charge on any atom is 0.313 e. The van der Waals surface area contributed by atoms with Crippen LogP contribution in [0.25, 0.3) is 0 Å². The van der Waals surface area contributed by atoms with Crippen molar-refractivity contribution in [2.45, 2.75) is 77.2 Å². The second-order valence-corrected chi connectivity index (χ2v) is 10.5. The van der Waals surface area contributed by atoms with E-state index in [2.05, 4.69) is 0 Å². The predicted octanol–water partition coefficient (Wildman–Crippen LogP) is 0.811. The van der Waals surface area contributed by atoms with Gasteiger partial charge in [0.1, 0.15) is 6.10 Å². The molecule has 0 aromatic heterocycles. The summed E-state index contributed by atoms with van der Waals surface area (Å²) in [6, 6.07) is 0. The lowest BCUT2D eigenvalue weighted by atomic mass is 9.61. The molecule has 0 radical (unpaired) electrons. The summed E-state index contributed by atoms with van der Waals surface area (Å²) < 4.78 is 22.7. The summed E-state index contributed by atoms with van der Waals surface area (Å²) in [7, 11) is 0. The Bertz CT molecular complexity index is 888. The SMILES string of the molecule is CC(=O)O[C@@H]1[C@@H]2OC(=O)[C@]3(C)[C@H]1C[C@@]14C2=CO[C@@H](OC(=O)CC(C)(C)O)[C@@H]1C[C@@H](O)[C@@H]34. The number of carbonyl (C=O) groups excluding carboxylic acids is 3. The van der Waals surface area contributed by atoms with Crippen LogP contribution in [0.1, 0.15) is 47.0 Å². The minimum absolute atomic E-state index is 0.200. The highest BCUT2D eigenvalue weighted by Crippen LogP contribution is 2.77. The Balaban J connectivity index is 1.56. The van der Waals surface area contributed by atoms with E-state index in [-0.39, 0.29) is 18.3 Å². The molecule has 0 aromatic rings. The van der Waals surface area contributed by atoms with Gasteiger partial charge in [0.15, 0.2) is 6.10 Å². The van der Waals surface area contributed by atoms with Crippen LogP contribution in [-0.2, 0) is 33.3 Å². The number of carbonyl (C=O) groups is 3. The molecule has 0 aromatic carbocycles. The summed E-state index contributed by atoms with van der Waals surface area (Å²) in [5, 5.41) is 21.1. The Kier molecular flexibility index (Phi) is 4.17. The Morgan fingerprint density at radius 2 is 2.00 bits per heavy atom. The van der Waals surface area contributed by atoms with Gasteiger partial charge < -0.3 is 29.2 Å². The third kappa shape index (κ3) is 2.59. The smallest absolute Gasteiger partial charge is 0.313 e. The number of rotatable bonds is 4. The van der Waals surface area contributed by atoms with Crippen LogP contribution < -0.4 is 0 Å². The summed E-state index contributed by atoms with van der Waals surface area (Å²) in [5.41, 5.74) is -2.22. The highest BCUT2D eigenvalue weighted by Gasteiger charge is 2.82. The van der Waals surface area contributed by atoms with Crippen LogP contribution in [0, 0.1) is 28.6 Å². The van der Waals surface area contributed by atoms with Gasteiger partial charge in [-0.3, -0.25) is 14.4 Å². The molecule has 2 aliphatic heterocycles. The molecule has 170 valence electrons. The van der Waals surface area contributed by atoms with Crippen LogP contribution in [0.5, 0.6) is 0 Å². The van der Waals surface area contributed by atoms with Gasteiger partial charge >= 0.3 is 17.9 Å². The standard InChI is InChI=1S/C22H28O9/c1-9(23)29-15-11-6-22-10-5-13(24)17(22)21(11,4)19(26)31-16(15)12(22)8-28-18(10)30-14(25)7-20(2,3)27/h8,10-11,13,15-18,24,27H,5-7H2,1-4H3/t10-,11-,13+,15-,16+,17-,18-,21+,22-/m0/s1. The fraction of sp³-hybridized carbons (Fsp3) is 0.773. The topological polar surface area (TPSA) is 129 Å². The van der Waals surface area contributed by atoms with Crippen LogP contribution in [0.4, 0.5) is 0 Å². The van der Waals surface area contributed by atoms with E-state index in [0.29, 0.717) is 18.4 Å². The number of esters is 3. The zero-order valence-corrected chi connectivity index (χ0v) is 18.0. The molecule has 9 atom stereocenters. The van der Waals surface area contributed by atoms with E-state index >= 15 is 0 Å². The van der Waals surface area contributed by atoms with Gasteiger partial charge in [-0.1, -0.05) is 0 Å². The fourth-order valence-electron chi connectivity index (χ4n) is 7.21. The van der Waals surface area contributed by atoms with E-state index in [0.717, 1.165) is 0 Å². The summed E-state index contributed by atoms with van der Waals surface area (Å²) in [5.74, 6) is -2.62. The third-order valence-corrected chi connectivity index (χ3v) is 8.07. The van der Waals surface area contributed by atoms with E-state index in [4.69, 9.17) is 18.9 Å². The number of fused-ring (bicyclic) bond motifs is 3. The first-order valence-electron chi connectivity index (χ1n) is 10.7. The molecular formula is C22H28O9. The van der Waals surface area contributed by atoms with Gasteiger partial charge in [0.2, 0.25) is 6.29 Å². The van der Waals surface area contributed by atoms with E-state index in [1.165, 1.54) is 27.0 Å². The van der Waals surface area contributed by atoms with Gasteiger partial charge in [-0.25, -0.2) is 0 Å². The molecule has 2 heterocycles. The molecule has 2 N–H and O–H groups in total. The first-order valence-corrected chi connectivity index (χ1v) is 10.7. The average Bonchev–Trinajstić information content (AvgIpc) is 3.02. The van der Waals surface area contributed by atoms with Crippen molar-refractivity contribution < 1.29 is 43.5 Å². The van der Waals surface area contributed by atoms with Crippen molar-refractivity contribution in [2.75, 3.05) is 0 Å². The molecule has 1 saturated heterocycles. The first-order chi connectivity index (χ1) is 14.4. The maximum atomic E-state index is 13.1. The number of aliphatic hydroxyl groups excluding tert-OH is 1. The van der Waals surface area contributed by atoms with E-state index in [1.807, 2.05) is 0 Å². The number of ether oxygens (including phenoxy) is 4. The van der Waals surface area contributed by atoms with Gasteiger partial charge in [0.25, 0.3) is 0 Å². The molecule has 0 amide bonds. The highest BCUT2D eigenvalue weighted by molar-refractivity contribution is 5.82. The van der Waals surface area contributed by atoms with Crippen molar-refractivity contribution >= 4 is 17.9 Å². The Labute approximate surface area is 179 Å². The van der Waals surface area contributed by atoms with Crippen molar-refractivity contribution in [2.24, 2.45) is 28.6 Å². The Hall–Kier alpha value is -2.13. The van der Waals surface area contributed by atoms with Crippen LogP contribution in [0.15, 0.2) is 11.8 Å². The minimum Gasteiger partial charge on any atom is -0.462 e. The molecule has 1 spiro atoms. The summed E-state index contributed by atoms with van der Waals surface area (Å²) >= 11 is 0. The lowest BCUT2D eigenvalue weighted by Gasteiger charge is -2.51. The first kappa shape index (κ1) is 20.8. The number of hydrogen-bond acceptors (Lipinski definition) is 9. The van der Waals surface area contributed by atoms with Crippen LogP contribution in [0.3, 0.4) is 0 Å². The molecule has 31 heavy (non-hydrogen) atoms. The molecule has 3 bridgehead atoms. The van der Waals surface area contributed by atoms with Crippen LogP contribution in [0.2, 0.25) is 0 Å². The van der Waals surface area contributed by atoms with Crippen LogP contribution in [-0.4, -0.2) is 58.3 Å². The number of aliphatic hydroxyl groups is 2. The summed E-state index contributed by atoms with van der Waals surface area (Å²) in [6.45, 7) is 6.13. The van der Waals surface area contributed by atoms with Gasteiger partial charge in [-0.05, 0) is 33.6 Å². The highest BCUT2D eigenvalue weighted by atomic mass is 16.7. The zero-order valence-electron chi connectivity index (χ0n) is 18.0. The maximum absolute atomic E-state index is 13.1. The largest absolute Gasteiger partial charge is 0.462 e. The monoisotopic (exact) mass is 436 g/mol. The van der Waals surface area contributed by atoms with Gasteiger partial charge in [0.05, 0.1) is 29.8 Å². The van der Waals surface area contributed by atoms with Crippen molar-refractivity contribution in [3.63, 3.8) is 0 Å². The van der Waals surface area contributed by atoms with Gasteiger partial charge in [-0.15, -0.1) is 0 Å². The van der Waals surface area contributed by atoms with Crippen molar-refractivity contribution in [3.8, 4) is 0 Å².